The number of carbonyl (C=O) groups is 1. The predicted molar refractivity (Wildman–Crippen MR) is 114 cm³/mol. The van der Waals surface area contributed by atoms with Crippen molar-refractivity contribution in [2.45, 2.75) is 30.9 Å². The summed E-state index contributed by atoms with van der Waals surface area (Å²) < 4.78 is 51.4. The Balaban J connectivity index is 2.37. The summed E-state index contributed by atoms with van der Waals surface area (Å²) in [5.74, 6) is -0.891. The molecule has 2 aromatic carbocycles. The van der Waals surface area contributed by atoms with Crippen LogP contribution in [-0.4, -0.2) is 32.8 Å². The van der Waals surface area contributed by atoms with E-state index < -0.39 is 32.1 Å². The first-order valence-electron chi connectivity index (χ1n) is 8.99. The Morgan fingerprint density at radius 2 is 1.67 bits per heavy atom. The van der Waals surface area contributed by atoms with E-state index >= 15 is 0 Å². The predicted octanol–water partition coefficient (Wildman–Crippen LogP) is 3.14. The van der Waals surface area contributed by atoms with Gasteiger partial charge in [-0.05, 0) is 55.3 Å². The van der Waals surface area contributed by atoms with Crippen LogP contribution < -0.4 is 0 Å². The summed E-state index contributed by atoms with van der Waals surface area (Å²) in [6.45, 7) is 3.55. The number of carbonyl (C=O) groups excluding carboxylic acids is 1. The number of benzene rings is 2. The lowest BCUT2D eigenvalue weighted by Crippen LogP contribution is -2.18. The van der Waals surface area contributed by atoms with E-state index in [0.29, 0.717) is 16.5 Å². The second-order valence-electron chi connectivity index (χ2n) is 7.28. The molecule has 30 heavy (non-hydrogen) atoms. The normalized spacial score (nSPS) is 12.1. The lowest BCUT2D eigenvalue weighted by atomic mass is 10.1. The zero-order chi connectivity index (χ0) is 22.3. The lowest BCUT2D eigenvalue weighted by Gasteiger charge is -2.12. The van der Waals surface area contributed by atoms with Gasteiger partial charge in [-0.25, -0.2) is 20.8 Å². The first-order chi connectivity index (χ1) is 13.9. The topological polar surface area (TPSA) is 114 Å². The van der Waals surface area contributed by atoms with Crippen molar-refractivity contribution in [1.82, 2.24) is 3.97 Å². The lowest BCUT2D eigenvalue weighted by molar-refractivity contribution is 0.0992. The van der Waals surface area contributed by atoms with Gasteiger partial charge in [-0.2, -0.15) is 5.26 Å². The molecule has 3 rings (SSSR count). The molecule has 0 bridgehead atoms. The zero-order valence-electron chi connectivity index (χ0n) is 16.7. The highest BCUT2D eigenvalue weighted by Crippen LogP contribution is 2.30. The minimum absolute atomic E-state index is 0.0122. The van der Waals surface area contributed by atoms with E-state index in [0.717, 1.165) is 15.8 Å². The highest BCUT2D eigenvalue weighted by Gasteiger charge is 2.27. The maximum absolute atomic E-state index is 13.4. The summed E-state index contributed by atoms with van der Waals surface area (Å²) >= 11 is 0. The van der Waals surface area contributed by atoms with Crippen LogP contribution >= 0.6 is 0 Å². The van der Waals surface area contributed by atoms with E-state index in [4.69, 9.17) is 5.26 Å². The Kier molecular flexibility index (Phi) is 5.58. The van der Waals surface area contributed by atoms with Gasteiger partial charge in [0.05, 0.1) is 22.2 Å². The number of sulfone groups is 1. The van der Waals surface area contributed by atoms with Crippen LogP contribution in [0.5, 0.6) is 0 Å². The number of nitriles is 1. The van der Waals surface area contributed by atoms with Crippen LogP contribution in [0.4, 0.5) is 0 Å². The number of rotatable bonds is 6. The van der Waals surface area contributed by atoms with Crippen LogP contribution in [0.3, 0.4) is 0 Å². The zero-order valence-corrected chi connectivity index (χ0v) is 18.3. The molecule has 0 unspecified atom stereocenters. The molecule has 3 aromatic rings. The summed E-state index contributed by atoms with van der Waals surface area (Å²) in [6.07, 6.45) is 0.621. The van der Waals surface area contributed by atoms with Crippen molar-refractivity contribution in [3.63, 3.8) is 0 Å². The number of Topliss-reactive ketones (excluding diaryl/α,β-unsaturated/α-hetero) is 1. The van der Waals surface area contributed by atoms with E-state index in [9.17, 15) is 21.6 Å². The van der Waals surface area contributed by atoms with Crippen LogP contribution in [0.25, 0.3) is 10.9 Å². The monoisotopic (exact) mass is 444 g/mol. The second kappa shape index (κ2) is 7.70. The summed E-state index contributed by atoms with van der Waals surface area (Å²) in [6, 6.07) is 12.5. The van der Waals surface area contributed by atoms with Crippen LogP contribution in [0.15, 0.2) is 47.4 Å². The number of aryl methyl sites for hydroxylation is 2. The maximum Gasteiger partial charge on any atom is 0.268 e. The molecule has 0 atom stereocenters. The van der Waals surface area contributed by atoms with Crippen molar-refractivity contribution in [2.75, 3.05) is 6.26 Å². The quantitative estimate of drug-likeness (QED) is 0.540. The van der Waals surface area contributed by atoms with Crippen LogP contribution in [-0.2, 0) is 25.6 Å². The Morgan fingerprint density at radius 1 is 1.03 bits per heavy atom. The average molecular weight is 445 g/mol. The van der Waals surface area contributed by atoms with Crippen LogP contribution in [0.2, 0.25) is 0 Å². The molecular formula is C21H20N2O5S2. The Morgan fingerprint density at radius 3 is 2.23 bits per heavy atom. The standard InChI is InChI=1S/C21H20N2O5S2/c1-14-4-6-18(7-5-14)30(27,28)23-19-12-17(13-29(3,25)26)15(2)10-16(19)11-20(23)21(24)8-9-22/h4-7,10-12H,8,13H2,1-3H3. The van der Waals surface area contributed by atoms with Gasteiger partial charge in [0.2, 0.25) is 0 Å². The minimum Gasteiger partial charge on any atom is -0.291 e. The molecular weight excluding hydrogens is 424 g/mol. The molecule has 0 aliphatic rings. The van der Waals surface area contributed by atoms with Crippen molar-refractivity contribution < 1.29 is 21.6 Å². The Bertz CT molecular complexity index is 1410. The maximum atomic E-state index is 13.4. The first-order valence-corrected chi connectivity index (χ1v) is 12.5. The minimum atomic E-state index is -4.17. The molecule has 0 saturated carbocycles. The summed E-state index contributed by atoms with van der Waals surface area (Å²) in [5.41, 5.74) is 2.04. The molecule has 0 aliphatic carbocycles. The largest absolute Gasteiger partial charge is 0.291 e. The number of aromatic nitrogens is 1. The van der Waals surface area contributed by atoms with E-state index in [-0.39, 0.29) is 21.9 Å². The highest BCUT2D eigenvalue weighted by molar-refractivity contribution is 7.90. The van der Waals surface area contributed by atoms with Gasteiger partial charge in [0.15, 0.2) is 15.6 Å². The molecule has 7 nitrogen and oxygen atoms in total. The van der Waals surface area contributed by atoms with Crippen molar-refractivity contribution >= 4 is 36.5 Å². The molecule has 156 valence electrons. The van der Waals surface area contributed by atoms with Gasteiger partial charge in [0.25, 0.3) is 10.0 Å². The summed E-state index contributed by atoms with van der Waals surface area (Å²) in [7, 11) is -7.53. The molecule has 0 amide bonds. The van der Waals surface area contributed by atoms with E-state index in [1.165, 1.54) is 24.3 Å². The molecule has 0 N–H and O–H groups in total. The van der Waals surface area contributed by atoms with Gasteiger partial charge in [-0.3, -0.25) is 4.79 Å². The molecule has 9 heteroatoms. The molecule has 0 aliphatic heterocycles. The molecule has 0 fully saturated rings. The number of fused-ring (bicyclic) bond motifs is 1. The van der Waals surface area contributed by atoms with Gasteiger partial charge >= 0.3 is 0 Å². The third kappa shape index (κ3) is 4.15. The Labute approximate surface area is 175 Å². The van der Waals surface area contributed by atoms with E-state index in [1.807, 2.05) is 6.92 Å². The number of ketones is 1. The number of hydrogen-bond donors (Lipinski definition) is 0. The summed E-state index contributed by atoms with van der Waals surface area (Å²) in [5, 5.41) is 9.41. The van der Waals surface area contributed by atoms with Crippen molar-refractivity contribution in [3.8, 4) is 6.07 Å². The molecule has 0 spiro atoms. The second-order valence-corrected chi connectivity index (χ2v) is 11.2. The molecule has 0 radical (unpaired) electrons. The third-order valence-electron chi connectivity index (χ3n) is 4.72. The highest BCUT2D eigenvalue weighted by atomic mass is 32.2. The van der Waals surface area contributed by atoms with E-state index in [2.05, 4.69) is 0 Å². The van der Waals surface area contributed by atoms with Gasteiger partial charge in [-0.15, -0.1) is 0 Å². The van der Waals surface area contributed by atoms with Crippen LogP contribution in [0, 0.1) is 25.2 Å². The van der Waals surface area contributed by atoms with Gasteiger partial charge in [0, 0.05) is 11.6 Å². The molecule has 1 heterocycles. The first kappa shape index (κ1) is 21.7. The fourth-order valence-electron chi connectivity index (χ4n) is 3.26. The van der Waals surface area contributed by atoms with E-state index in [1.54, 1.807) is 31.2 Å². The SMILES string of the molecule is Cc1ccc(S(=O)(=O)n2c(C(=O)CC#N)cc3cc(C)c(CS(C)(=O)=O)cc32)cc1. The summed E-state index contributed by atoms with van der Waals surface area (Å²) in [4.78, 5) is 12.6. The van der Waals surface area contributed by atoms with Crippen molar-refractivity contribution in [2.24, 2.45) is 0 Å². The smallest absolute Gasteiger partial charge is 0.268 e. The Hall–Kier alpha value is -2.96. The average Bonchev–Trinajstić information content (AvgIpc) is 3.00. The molecule has 0 saturated heterocycles. The molecule has 1 aromatic heterocycles. The number of nitrogens with zero attached hydrogens (tertiary/aromatic N) is 2. The van der Waals surface area contributed by atoms with Crippen molar-refractivity contribution in [1.29, 1.82) is 5.26 Å². The van der Waals surface area contributed by atoms with Crippen molar-refractivity contribution in [3.05, 3.63) is 64.8 Å². The van der Waals surface area contributed by atoms with Gasteiger partial charge < -0.3 is 0 Å². The van der Waals surface area contributed by atoms with Crippen LogP contribution in [0.1, 0.15) is 33.6 Å². The number of hydrogen-bond acceptors (Lipinski definition) is 6. The third-order valence-corrected chi connectivity index (χ3v) is 7.29. The van der Waals surface area contributed by atoms with Gasteiger partial charge in [0.1, 0.15) is 12.1 Å². The van der Waals surface area contributed by atoms with Gasteiger partial charge in [-0.1, -0.05) is 17.7 Å². The fraction of sp³-hybridized carbons (Fsp3) is 0.238. The fourth-order valence-corrected chi connectivity index (χ4v) is 5.66.